The fourth-order valence-corrected chi connectivity index (χ4v) is 3.96. The molecule has 0 heterocycles. The summed E-state index contributed by atoms with van der Waals surface area (Å²) in [5, 5.41) is 26.5. The Kier molecular flexibility index (Phi) is 9.04. The second-order valence-electron chi connectivity index (χ2n) is 8.37. The highest BCUT2D eigenvalue weighted by Crippen LogP contribution is 2.19. The van der Waals surface area contributed by atoms with Gasteiger partial charge in [0.25, 0.3) is 11.8 Å². The number of hydrogen-bond donors (Lipinski definition) is 6. The molecular weight excluding hydrogens is 488 g/mol. The van der Waals surface area contributed by atoms with E-state index in [2.05, 4.69) is 16.0 Å². The van der Waals surface area contributed by atoms with Gasteiger partial charge in [-0.2, -0.15) is 0 Å². The van der Waals surface area contributed by atoms with Crippen LogP contribution in [0.25, 0.3) is 0 Å². The number of aromatic hydroxyl groups is 1. The predicted molar refractivity (Wildman–Crippen MR) is 132 cm³/mol. The van der Waals surface area contributed by atoms with Crippen molar-refractivity contribution in [2.45, 2.75) is 31.5 Å². The molecule has 1 aliphatic rings. The number of nitrogens with two attached hydrogens (primary N) is 1. The highest BCUT2D eigenvalue weighted by Gasteiger charge is 2.28. The molecule has 0 spiro atoms. The van der Waals surface area contributed by atoms with Crippen LogP contribution in [0, 0.1) is 5.92 Å². The number of carboxylic acid groups (broad SMARTS) is 1. The van der Waals surface area contributed by atoms with Crippen LogP contribution in [0.2, 0.25) is 5.02 Å². The number of carboxylic acids is 1. The topological polar surface area (TPSA) is 171 Å². The van der Waals surface area contributed by atoms with Crippen LogP contribution in [0.4, 0.5) is 0 Å². The Morgan fingerprint density at radius 2 is 1.78 bits per heavy atom. The Morgan fingerprint density at radius 1 is 1.03 bits per heavy atom. The molecule has 1 aliphatic carbocycles. The van der Waals surface area contributed by atoms with E-state index < -0.39 is 29.7 Å². The van der Waals surface area contributed by atoms with Crippen molar-refractivity contribution in [3.05, 3.63) is 76.3 Å². The largest absolute Gasteiger partial charge is 0.508 e. The van der Waals surface area contributed by atoms with Crippen molar-refractivity contribution in [2.24, 2.45) is 11.7 Å². The number of amides is 3. The fraction of sp³-hybridized carbons (Fsp3) is 0.280. The first kappa shape index (κ1) is 26.7. The van der Waals surface area contributed by atoms with Crippen LogP contribution >= 0.6 is 11.6 Å². The standard InChI is InChI=1S/C25H27ClN4O6/c26-19-11-15(22(32)28-12-14-4-3-5-16(31)10-14)8-9-17(19)24(34)30-21(25(35)36)13-29-23(33)18-6-1-2-7-20(18)27/h1-5,8-11,18,20-21,31H,6-7,12-13,27H2,(H,28,32)(H,29,33)(H,30,34)(H,35,36)/t18-,20-,21+/m1/s1. The van der Waals surface area contributed by atoms with E-state index in [4.69, 9.17) is 17.3 Å². The molecule has 0 saturated carbocycles. The van der Waals surface area contributed by atoms with Crippen LogP contribution in [0.5, 0.6) is 5.75 Å². The van der Waals surface area contributed by atoms with Crippen LogP contribution in [0.1, 0.15) is 39.1 Å². The second-order valence-corrected chi connectivity index (χ2v) is 8.78. The quantitative estimate of drug-likeness (QED) is 0.276. The summed E-state index contributed by atoms with van der Waals surface area (Å²) in [6.07, 6.45) is 4.75. The number of carbonyl (C=O) groups excluding carboxylic acids is 3. The number of phenols is 1. The van der Waals surface area contributed by atoms with Gasteiger partial charge in [-0.1, -0.05) is 35.9 Å². The van der Waals surface area contributed by atoms with Gasteiger partial charge in [-0.25, -0.2) is 4.79 Å². The lowest BCUT2D eigenvalue weighted by molar-refractivity contribution is -0.139. The number of nitrogens with one attached hydrogen (secondary N) is 3. The van der Waals surface area contributed by atoms with Gasteiger partial charge >= 0.3 is 5.97 Å². The molecule has 0 saturated heterocycles. The van der Waals surface area contributed by atoms with Gasteiger partial charge < -0.3 is 31.9 Å². The maximum Gasteiger partial charge on any atom is 0.328 e. The summed E-state index contributed by atoms with van der Waals surface area (Å²) in [6.45, 7) is -0.166. The second kappa shape index (κ2) is 12.2. The normalized spacial score (nSPS) is 17.6. The van der Waals surface area contributed by atoms with Crippen LogP contribution in [-0.2, 0) is 16.1 Å². The number of carbonyl (C=O) groups is 4. The molecule has 10 nitrogen and oxygen atoms in total. The molecule has 0 aromatic heterocycles. The van der Waals surface area contributed by atoms with Gasteiger partial charge in [0.15, 0.2) is 0 Å². The number of allylic oxidation sites excluding steroid dienone is 1. The lowest BCUT2D eigenvalue weighted by atomic mass is 9.89. The molecule has 3 atom stereocenters. The number of phenolic OH excluding ortho intramolecular Hbond substituents is 1. The SMILES string of the molecule is N[C@@H]1CC=CC[C@H]1C(=O)NC[C@H](NC(=O)c1ccc(C(=O)NCc2cccc(O)c2)cc1Cl)C(=O)O. The summed E-state index contributed by atoms with van der Waals surface area (Å²) in [6, 6.07) is 8.65. The highest BCUT2D eigenvalue weighted by molar-refractivity contribution is 6.34. The molecule has 7 N–H and O–H groups in total. The van der Waals surface area contributed by atoms with Gasteiger partial charge in [0.1, 0.15) is 11.8 Å². The van der Waals surface area contributed by atoms with Crippen molar-refractivity contribution in [2.75, 3.05) is 6.54 Å². The van der Waals surface area contributed by atoms with E-state index in [0.29, 0.717) is 18.4 Å². The van der Waals surface area contributed by atoms with E-state index in [9.17, 15) is 29.4 Å². The smallest absolute Gasteiger partial charge is 0.328 e. The maximum absolute atomic E-state index is 12.7. The van der Waals surface area contributed by atoms with E-state index in [-0.39, 0.29) is 46.9 Å². The van der Waals surface area contributed by atoms with Crippen LogP contribution in [0.3, 0.4) is 0 Å². The van der Waals surface area contributed by atoms with Gasteiger partial charge in [-0.15, -0.1) is 0 Å². The van der Waals surface area contributed by atoms with Gasteiger partial charge in [0.05, 0.1) is 16.5 Å². The molecule has 36 heavy (non-hydrogen) atoms. The molecule has 0 radical (unpaired) electrons. The first-order chi connectivity index (χ1) is 17.2. The van der Waals surface area contributed by atoms with E-state index >= 15 is 0 Å². The summed E-state index contributed by atoms with van der Waals surface area (Å²) in [4.78, 5) is 49.2. The predicted octanol–water partition coefficient (Wildman–Crippen LogP) is 1.57. The summed E-state index contributed by atoms with van der Waals surface area (Å²) >= 11 is 6.20. The Hall–Kier alpha value is -3.89. The lowest BCUT2D eigenvalue weighted by Crippen LogP contribution is -2.51. The third kappa shape index (κ3) is 7.06. The Bertz CT molecular complexity index is 1180. The molecular formula is C25H27ClN4O6. The van der Waals surface area contributed by atoms with Crippen molar-refractivity contribution >= 4 is 35.3 Å². The molecule has 3 amide bonds. The summed E-state index contributed by atoms with van der Waals surface area (Å²) < 4.78 is 0. The number of benzene rings is 2. The minimum absolute atomic E-state index is 0.0294. The number of halogens is 1. The first-order valence-corrected chi connectivity index (χ1v) is 11.6. The Morgan fingerprint density at radius 3 is 2.44 bits per heavy atom. The first-order valence-electron chi connectivity index (χ1n) is 11.2. The van der Waals surface area contributed by atoms with E-state index in [0.717, 1.165) is 0 Å². The zero-order valence-corrected chi connectivity index (χ0v) is 20.0. The van der Waals surface area contributed by atoms with Crippen molar-refractivity contribution in [3.8, 4) is 5.75 Å². The molecule has 2 aromatic rings. The molecule has 3 rings (SSSR count). The van der Waals surface area contributed by atoms with Crippen molar-refractivity contribution in [3.63, 3.8) is 0 Å². The average Bonchev–Trinajstić information content (AvgIpc) is 2.84. The molecule has 0 aliphatic heterocycles. The maximum atomic E-state index is 12.7. The van der Waals surface area contributed by atoms with E-state index in [1.54, 1.807) is 12.1 Å². The van der Waals surface area contributed by atoms with Crippen LogP contribution in [-0.4, -0.2) is 52.5 Å². The third-order valence-electron chi connectivity index (χ3n) is 5.74. The summed E-state index contributed by atoms with van der Waals surface area (Å²) in [5.74, 6) is -3.34. The lowest BCUT2D eigenvalue weighted by Gasteiger charge is -2.25. The Balaban J connectivity index is 1.58. The Labute approximate surface area is 212 Å². The molecule has 0 fully saturated rings. The number of rotatable bonds is 9. The zero-order chi connectivity index (χ0) is 26.2. The molecule has 2 aromatic carbocycles. The third-order valence-corrected chi connectivity index (χ3v) is 6.05. The average molecular weight is 515 g/mol. The molecule has 190 valence electrons. The van der Waals surface area contributed by atoms with Crippen molar-refractivity contribution < 1.29 is 29.4 Å². The molecule has 11 heteroatoms. The van der Waals surface area contributed by atoms with Gasteiger partial charge in [-0.05, 0) is 48.7 Å². The highest BCUT2D eigenvalue weighted by atomic mass is 35.5. The minimum atomic E-state index is -1.40. The van der Waals surface area contributed by atoms with Gasteiger partial charge in [0, 0.05) is 24.7 Å². The monoisotopic (exact) mass is 514 g/mol. The zero-order valence-electron chi connectivity index (χ0n) is 19.2. The minimum Gasteiger partial charge on any atom is -0.508 e. The molecule has 0 bridgehead atoms. The summed E-state index contributed by atoms with van der Waals surface area (Å²) in [7, 11) is 0. The van der Waals surface area contributed by atoms with Gasteiger partial charge in [0.2, 0.25) is 5.91 Å². The van der Waals surface area contributed by atoms with Crippen molar-refractivity contribution in [1.29, 1.82) is 0 Å². The summed E-state index contributed by atoms with van der Waals surface area (Å²) in [5.41, 5.74) is 6.81. The molecule has 0 unspecified atom stereocenters. The fourth-order valence-electron chi connectivity index (χ4n) is 3.70. The van der Waals surface area contributed by atoms with Gasteiger partial charge in [-0.3, -0.25) is 14.4 Å². The van der Waals surface area contributed by atoms with E-state index in [1.165, 1.54) is 30.3 Å². The van der Waals surface area contributed by atoms with Crippen molar-refractivity contribution in [1.82, 2.24) is 16.0 Å². The number of aliphatic carboxylic acids is 1. The number of hydrogen-bond acceptors (Lipinski definition) is 6. The van der Waals surface area contributed by atoms with E-state index in [1.807, 2.05) is 12.2 Å². The van der Waals surface area contributed by atoms with Crippen LogP contribution in [0.15, 0.2) is 54.6 Å². The van der Waals surface area contributed by atoms with Crippen LogP contribution < -0.4 is 21.7 Å².